The van der Waals surface area contributed by atoms with Crippen LogP contribution in [0.15, 0.2) is 36.5 Å². The topological polar surface area (TPSA) is 33.1 Å². The maximum Gasteiger partial charge on any atom is 0.0908 e. The lowest BCUT2D eigenvalue weighted by Crippen LogP contribution is -2.24. The second kappa shape index (κ2) is 4.84. The standard InChI is InChI=1S/C15H19NO/c1-3-9-15(17,4-2)13-10-12-7-5-6-8-14(12)16-11-13/h5-8,10-11,17H,3-4,9H2,1-2H3. The van der Waals surface area contributed by atoms with Gasteiger partial charge in [-0.3, -0.25) is 4.98 Å². The Morgan fingerprint density at radius 1 is 1.24 bits per heavy atom. The highest BCUT2D eigenvalue weighted by Gasteiger charge is 2.26. The Hall–Kier alpha value is -1.41. The number of nitrogens with zero attached hydrogens (tertiary/aromatic N) is 1. The summed E-state index contributed by atoms with van der Waals surface area (Å²) in [6.45, 7) is 4.11. The highest BCUT2D eigenvalue weighted by atomic mass is 16.3. The number of pyridine rings is 1. The van der Waals surface area contributed by atoms with Crippen LogP contribution >= 0.6 is 0 Å². The molecule has 1 N–H and O–H groups in total. The van der Waals surface area contributed by atoms with E-state index in [4.69, 9.17) is 0 Å². The van der Waals surface area contributed by atoms with Gasteiger partial charge in [-0.1, -0.05) is 38.5 Å². The highest BCUT2D eigenvalue weighted by Crippen LogP contribution is 2.30. The molecule has 2 aromatic rings. The molecule has 0 aliphatic carbocycles. The number of aromatic nitrogens is 1. The summed E-state index contributed by atoms with van der Waals surface area (Å²) in [5, 5.41) is 11.7. The molecule has 0 radical (unpaired) electrons. The van der Waals surface area contributed by atoms with E-state index in [0.717, 1.165) is 35.7 Å². The predicted molar refractivity (Wildman–Crippen MR) is 70.8 cm³/mol. The first-order valence-electron chi connectivity index (χ1n) is 6.27. The third-order valence-corrected chi connectivity index (χ3v) is 3.38. The number of hydrogen-bond donors (Lipinski definition) is 1. The van der Waals surface area contributed by atoms with E-state index in [2.05, 4.69) is 18.0 Å². The summed E-state index contributed by atoms with van der Waals surface area (Å²) in [6, 6.07) is 10.1. The quantitative estimate of drug-likeness (QED) is 0.868. The van der Waals surface area contributed by atoms with Gasteiger partial charge < -0.3 is 5.11 Å². The van der Waals surface area contributed by atoms with Crippen molar-refractivity contribution in [1.29, 1.82) is 0 Å². The third kappa shape index (κ3) is 2.32. The SMILES string of the molecule is CCCC(O)(CC)c1cnc2ccccc2c1. The zero-order valence-corrected chi connectivity index (χ0v) is 10.5. The van der Waals surface area contributed by atoms with Crippen LogP contribution in [0.4, 0.5) is 0 Å². The molecule has 0 fully saturated rings. The average molecular weight is 229 g/mol. The molecule has 2 heteroatoms. The fourth-order valence-electron chi connectivity index (χ4n) is 2.26. The fraction of sp³-hybridized carbons (Fsp3) is 0.400. The van der Waals surface area contributed by atoms with Gasteiger partial charge in [0.15, 0.2) is 0 Å². The molecular weight excluding hydrogens is 210 g/mol. The van der Waals surface area contributed by atoms with E-state index in [0.29, 0.717) is 0 Å². The number of rotatable bonds is 4. The van der Waals surface area contributed by atoms with Gasteiger partial charge >= 0.3 is 0 Å². The van der Waals surface area contributed by atoms with E-state index >= 15 is 0 Å². The number of hydrogen-bond acceptors (Lipinski definition) is 2. The van der Waals surface area contributed by atoms with Crippen LogP contribution in [0.5, 0.6) is 0 Å². The summed E-state index contributed by atoms with van der Waals surface area (Å²) in [5.74, 6) is 0. The molecule has 2 nitrogen and oxygen atoms in total. The Bertz CT molecular complexity index is 509. The molecule has 1 unspecified atom stereocenters. The number of benzene rings is 1. The van der Waals surface area contributed by atoms with Crippen LogP contribution in [0.1, 0.15) is 38.7 Å². The minimum atomic E-state index is -0.730. The van der Waals surface area contributed by atoms with Crippen molar-refractivity contribution in [1.82, 2.24) is 4.98 Å². The van der Waals surface area contributed by atoms with Crippen molar-refractivity contribution in [3.63, 3.8) is 0 Å². The van der Waals surface area contributed by atoms with Gasteiger partial charge in [-0.05, 0) is 25.0 Å². The van der Waals surface area contributed by atoms with E-state index in [1.165, 1.54) is 0 Å². The van der Waals surface area contributed by atoms with Gasteiger partial charge in [-0.2, -0.15) is 0 Å². The van der Waals surface area contributed by atoms with Crippen molar-refractivity contribution in [3.05, 3.63) is 42.1 Å². The Labute approximate surface area is 102 Å². The van der Waals surface area contributed by atoms with Gasteiger partial charge in [0, 0.05) is 17.1 Å². The van der Waals surface area contributed by atoms with E-state index in [1.54, 1.807) is 0 Å². The van der Waals surface area contributed by atoms with Crippen molar-refractivity contribution in [2.45, 2.75) is 38.7 Å². The predicted octanol–water partition coefficient (Wildman–Crippen LogP) is 3.63. The van der Waals surface area contributed by atoms with Crippen LogP contribution in [-0.4, -0.2) is 10.1 Å². The van der Waals surface area contributed by atoms with Crippen molar-refractivity contribution in [2.24, 2.45) is 0 Å². The zero-order chi connectivity index (χ0) is 12.3. The zero-order valence-electron chi connectivity index (χ0n) is 10.5. The van der Waals surface area contributed by atoms with Crippen LogP contribution in [0, 0.1) is 0 Å². The van der Waals surface area contributed by atoms with E-state index < -0.39 is 5.60 Å². The lowest BCUT2D eigenvalue weighted by atomic mass is 9.87. The molecule has 0 aliphatic heterocycles. The summed E-state index contributed by atoms with van der Waals surface area (Å²) < 4.78 is 0. The smallest absolute Gasteiger partial charge is 0.0908 e. The van der Waals surface area contributed by atoms with Crippen LogP contribution in [-0.2, 0) is 5.60 Å². The first-order chi connectivity index (χ1) is 8.19. The van der Waals surface area contributed by atoms with Crippen molar-refractivity contribution in [2.75, 3.05) is 0 Å². The summed E-state index contributed by atoms with van der Waals surface area (Å²) in [6.07, 6.45) is 4.28. The summed E-state index contributed by atoms with van der Waals surface area (Å²) in [4.78, 5) is 4.42. The van der Waals surface area contributed by atoms with Crippen LogP contribution < -0.4 is 0 Å². The van der Waals surface area contributed by atoms with Gasteiger partial charge in [0.2, 0.25) is 0 Å². The first kappa shape index (κ1) is 12.1. The molecule has 0 aliphatic rings. The van der Waals surface area contributed by atoms with Crippen LogP contribution in [0.3, 0.4) is 0 Å². The van der Waals surface area contributed by atoms with E-state index in [-0.39, 0.29) is 0 Å². The van der Waals surface area contributed by atoms with Gasteiger partial charge in [0.05, 0.1) is 11.1 Å². The Kier molecular flexibility index (Phi) is 3.43. The molecule has 17 heavy (non-hydrogen) atoms. The fourth-order valence-corrected chi connectivity index (χ4v) is 2.26. The largest absolute Gasteiger partial charge is 0.385 e. The molecule has 1 heterocycles. The summed E-state index contributed by atoms with van der Waals surface area (Å²) in [5.41, 5.74) is 1.18. The monoisotopic (exact) mass is 229 g/mol. The maximum absolute atomic E-state index is 10.6. The molecule has 0 amide bonds. The molecule has 1 aromatic carbocycles. The molecular formula is C15H19NO. The second-order valence-corrected chi connectivity index (χ2v) is 4.55. The van der Waals surface area contributed by atoms with Crippen molar-refractivity contribution in [3.8, 4) is 0 Å². The number of para-hydroxylation sites is 1. The minimum Gasteiger partial charge on any atom is -0.385 e. The second-order valence-electron chi connectivity index (χ2n) is 4.55. The Morgan fingerprint density at radius 2 is 2.00 bits per heavy atom. The van der Waals surface area contributed by atoms with Gasteiger partial charge in [-0.15, -0.1) is 0 Å². The lowest BCUT2D eigenvalue weighted by molar-refractivity contribution is 0.0224. The van der Waals surface area contributed by atoms with Gasteiger partial charge in [0.25, 0.3) is 0 Å². The molecule has 0 saturated heterocycles. The lowest BCUT2D eigenvalue weighted by Gasteiger charge is -2.26. The molecule has 0 spiro atoms. The molecule has 1 aromatic heterocycles. The third-order valence-electron chi connectivity index (χ3n) is 3.38. The van der Waals surface area contributed by atoms with E-state index in [9.17, 15) is 5.11 Å². The van der Waals surface area contributed by atoms with Crippen LogP contribution in [0.25, 0.3) is 10.9 Å². The molecule has 0 bridgehead atoms. The molecule has 1 atom stereocenters. The number of fused-ring (bicyclic) bond motifs is 1. The summed E-state index contributed by atoms with van der Waals surface area (Å²) >= 11 is 0. The Morgan fingerprint density at radius 3 is 2.71 bits per heavy atom. The highest BCUT2D eigenvalue weighted by molar-refractivity contribution is 5.78. The van der Waals surface area contributed by atoms with Crippen molar-refractivity contribution < 1.29 is 5.11 Å². The maximum atomic E-state index is 10.6. The van der Waals surface area contributed by atoms with Gasteiger partial charge in [0.1, 0.15) is 0 Å². The van der Waals surface area contributed by atoms with Crippen LogP contribution in [0.2, 0.25) is 0 Å². The van der Waals surface area contributed by atoms with Crippen molar-refractivity contribution >= 4 is 10.9 Å². The molecule has 0 saturated carbocycles. The molecule has 2 rings (SSSR count). The van der Waals surface area contributed by atoms with Gasteiger partial charge in [-0.25, -0.2) is 0 Å². The Balaban J connectivity index is 2.47. The molecule has 90 valence electrons. The van der Waals surface area contributed by atoms with E-state index in [1.807, 2.05) is 37.4 Å². The average Bonchev–Trinajstić information content (AvgIpc) is 2.38. The number of aliphatic hydroxyl groups is 1. The minimum absolute atomic E-state index is 0.723. The normalized spacial score (nSPS) is 14.8. The summed E-state index contributed by atoms with van der Waals surface area (Å²) in [7, 11) is 0. The first-order valence-corrected chi connectivity index (χ1v) is 6.27.